The summed E-state index contributed by atoms with van der Waals surface area (Å²) >= 11 is 3.10. The van der Waals surface area contributed by atoms with Crippen LogP contribution in [0.1, 0.15) is 9.75 Å². The van der Waals surface area contributed by atoms with Gasteiger partial charge in [0, 0.05) is 9.75 Å². The molecule has 1 amide bonds. The Morgan fingerprint density at radius 1 is 1.09 bits per heavy atom. The highest BCUT2D eigenvalue weighted by molar-refractivity contribution is 7.10. The van der Waals surface area contributed by atoms with E-state index in [1.807, 2.05) is 35.0 Å². The zero-order valence-corrected chi connectivity index (χ0v) is 13.7. The van der Waals surface area contributed by atoms with Crippen LogP contribution in [0.2, 0.25) is 0 Å². The molecule has 0 radical (unpaired) electrons. The number of thiophene rings is 2. The minimum Gasteiger partial charge on any atom is -0.479 e. The van der Waals surface area contributed by atoms with Crippen molar-refractivity contribution in [3.63, 3.8) is 0 Å². The maximum absolute atomic E-state index is 12.8. The molecule has 1 fully saturated rings. The number of aliphatic carboxylic acids is 1. The van der Waals surface area contributed by atoms with Crippen LogP contribution in [0.15, 0.2) is 35.0 Å². The highest BCUT2D eigenvalue weighted by Crippen LogP contribution is 2.22. The van der Waals surface area contributed by atoms with Crippen molar-refractivity contribution in [2.75, 3.05) is 6.79 Å². The van der Waals surface area contributed by atoms with E-state index in [0.717, 1.165) is 9.75 Å². The fourth-order valence-electron chi connectivity index (χ4n) is 2.34. The number of hydrogen-bond acceptors (Lipinski definition) is 6. The molecule has 122 valence electrons. The summed E-state index contributed by atoms with van der Waals surface area (Å²) in [6.45, 7) is 0.653. The van der Waals surface area contributed by atoms with Crippen molar-refractivity contribution in [1.82, 2.24) is 4.90 Å². The summed E-state index contributed by atoms with van der Waals surface area (Å²) in [5.41, 5.74) is 0. The Labute approximate surface area is 140 Å². The van der Waals surface area contributed by atoms with E-state index in [1.165, 1.54) is 0 Å². The van der Waals surface area contributed by atoms with E-state index < -0.39 is 18.2 Å². The maximum atomic E-state index is 12.8. The predicted molar refractivity (Wildman–Crippen MR) is 85.1 cm³/mol. The molecule has 0 saturated carbocycles. The van der Waals surface area contributed by atoms with Gasteiger partial charge >= 0.3 is 5.97 Å². The first kappa shape index (κ1) is 16.1. The lowest BCUT2D eigenvalue weighted by atomic mass is 10.1. The molecule has 6 nitrogen and oxygen atoms in total. The number of carbonyl (C=O) groups is 2. The van der Waals surface area contributed by atoms with Gasteiger partial charge in [-0.05, 0) is 22.9 Å². The zero-order chi connectivity index (χ0) is 16.2. The second-order valence-electron chi connectivity index (χ2n) is 4.98. The molecule has 0 spiro atoms. The molecule has 2 aromatic heterocycles. The molecule has 0 unspecified atom stereocenters. The van der Waals surface area contributed by atoms with Crippen LogP contribution < -0.4 is 0 Å². The zero-order valence-electron chi connectivity index (χ0n) is 12.1. The van der Waals surface area contributed by atoms with Crippen LogP contribution in [-0.4, -0.2) is 40.9 Å². The number of nitrogens with zero attached hydrogens (tertiary/aromatic N) is 1. The average Bonchev–Trinajstić information content (AvgIpc) is 3.28. The average molecular weight is 353 g/mol. The first-order valence-corrected chi connectivity index (χ1v) is 8.70. The van der Waals surface area contributed by atoms with E-state index in [1.54, 1.807) is 27.6 Å². The molecule has 1 saturated heterocycles. The molecule has 0 aromatic carbocycles. The molecule has 0 aliphatic carbocycles. The Balaban J connectivity index is 1.78. The molecular formula is C15H15NO5S2. The van der Waals surface area contributed by atoms with Gasteiger partial charge in [0.05, 0.1) is 13.1 Å². The second kappa shape index (κ2) is 7.22. The lowest BCUT2D eigenvalue weighted by Crippen LogP contribution is -2.45. The molecule has 0 bridgehead atoms. The molecular weight excluding hydrogens is 338 g/mol. The van der Waals surface area contributed by atoms with Crippen molar-refractivity contribution in [3.05, 3.63) is 44.8 Å². The van der Waals surface area contributed by atoms with E-state index in [2.05, 4.69) is 0 Å². The van der Waals surface area contributed by atoms with E-state index in [0.29, 0.717) is 13.1 Å². The van der Waals surface area contributed by atoms with Crippen molar-refractivity contribution in [1.29, 1.82) is 0 Å². The van der Waals surface area contributed by atoms with Gasteiger partial charge in [-0.25, -0.2) is 4.79 Å². The Morgan fingerprint density at radius 3 is 2.13 bits per heavy atom. The predicted octanol–water partition coefficient (Wildman–Crippen LogP) is 2.16. The highest BCUT2D eigenvalue weighted by atomic mass is 32.1. The topological polar surface area (TPSA) is 76.1 Å². The molecule has 1 aliphatic rings. The van der Waals surface area contributed by atoms with Gasteiger partial charge in [-0.1, -0.05) is 12.1 Å². The fourth-order valence-corrected chi connectivity index (χ4v) is 3.77. The van der Waals surface area contributed by atoms with Crippen molar-refractivity contribution < 1.29 is 24.2 Å². The third-order valence-electron chi connectivity index (χ3n) is 3.42. The number of carboxylic acids is 1. The summed E-state index contributed by atoms with van der Waals surface area (Å²) in [6, 6.07) is 7.73. The van der Waals surface area contributed by atoms with Gasteiger partial charge in [0.2, 0.25) is 0 Å². The first-order chi connectivity index (χ1) is 11.1. The number of ether oxygens (including phenoxy) is 2. The van der Waals surface area contributed by atoms with Gasteiger partial charge in [0.1, 0.15) is 6.79 Å². The molecule has 3 heterocycles. The Kier molecular flexibility index (Phi) is 5.06. The molecule has 1 aliphatic heterocycles. The Morgan fingerprint density at radius 2 is 1.65 bits per heavy atom. The van der Waals surface area contributed by atoms with E-state index in [9.17, 15) is 9.59 Å². The van der Waals surface area contributed by atoms with Crippen LogP contribution in [0, 0.1) is 0 Å². The van der Waals surface area contributed by atoms with E-state index in [-0.39, 0.29) is 12.7 Å². The number of rotatable bonds is 6. The largest absolute Gasteiger partial charge is 0.479 e. The standard InChI is InChI=1S/C15H15NO5S2/c17-14(12-13(15(18)19)21-9-20-12)16(7-10-3-1-5-22-10)8-11-4-2-6-23-11/h1-6,12-13H,7-9H2,(H,18,19)/t12-,13-/m1/s1. The lowest BCUT2D eigenvalue weighted by Gasteiger charge is -2.25. The van der Waals surface area contributed by atoms with Crippen molar-refractivity contribution in [3.8, 4) is 0 Å². The summed E-state index contributed by atoms with van der Waals surface area (Å²) in [7, 11) is 0. The highest BCUT2D eigenvalue weighted by Gasteiger charge is 2.42. The van der Waals surface area contributed by atoms with Crippen LogP contribution in [-0.2, 0) is 32.2 Å². The molecule has 23 heavy (non-hydrogen) atoms. The van der Waals surface area contributed by atoms with E-state index >= 15 is 0 Å². The molecule has 2 atom stereocenters. The van der Waals surface area contributed by atoms with Gasteiger partial charge in [0.25, 0.3) is 5.91 Å². The van der Waals surface area contributed by atoms with Crippen LogP contribution in [0.5, 0.6) is 0 Å². The van der Waals surface area contributed by atoms with Gasteiger partial charge in [0.15, 0.2) is 12.2 Å². The first-order valence-electron chi connectivity index (χ1n) is 6.94. The lowest BCUT2D eigenvalue weighted by molar-refractivity contribution is -0.153. The summed E-state index contributed by atoms with van der Waals surface area (Å²) < 4.78 is 10.2. The van der Waals surface area contributed by atoms with Gasteiger partial charge in [-0.15, -0.1) is 22.7 Å². The van der Waals surface area contributed by atoms with Gasteiger partial charge < -0.3 is 19.5 Å². The Hall–Kier alpha value is -1.74. The van der Waals surface area contributed by atoms with Crippen LogP contribution in [0.25, 0.3) is 0 Å². The SMILES string of the molecule is O=C(O)[C@@H]1OCO[C@H]1C(=O)N(Cc1cccs1)Cc1cccs1. The monoisotopic (exact) mass is 353 g/mol. The maximum Gasteiger partial charge on any atom is 0.336 e. The summed E-state index contributed by atoms with van der Waals surface area (Å²) in [4.78, 5) is 27.7. The third kappa shape index (κ3) is 3.78. The van der Waals surface area contributed by atoms with Crippen LogP contribution in [0.3, 0.4) is 0 Å². The minimum atomic E-state index is -1.25. The van der Waals surface area contributed by atoms with Gasteiger partial charge in [-0.3, -0.25) is 4.79 Å². The quantitative estimate of drug-likeness (QED) is 0.861. The van der Waals surface area contributed by atoms with Crippen molar-refractivity contribution in [2.45, 2.75) is 25.3 Å². The normalized spacial score (nSPS) is 20.5. The van der Waals surface area contributed by atoms with Crippen LogP contribution >= 0.6 is 22.7 Å². The van der Waals surface area contributed by atoms with Crippen LogP contribution in [0.4, 0.5) is 0 Å². The smallest absolute Gasteiger partial charge is 0.336 e. The molecule has 1 N–H and O–H groups in total. The molecule has 2 aromatic rings. The van der Waals surface area contributed by atoms with Crippen molar-refractivity contribution in [2.24, 2.45) is 0 Å². The third-order valence-corrected chi connectivity index (χ3v) is 5.14. The number of amides is 1. The molecule has 3 rings (SSSR count). The summed E-state index contributed by atoms with van der Waals surface area (Å²) in [5, 5.41) is 13.0. The van der Waals surface area contributed by atoms with Gasteiger partial charge in [-0.2, -0.15) is 0 Å². The molecule has 8 heteroatoms. The summed E-state index contributed by atoms with van der Waals surface area (Å²) in [6.07, 6.45) is -2.36. The van der Waals surface area contributed by atoms with E-state index in [4.69, 9.17) is 14.6 Å². The number of carbonyl (C=O) groups excluding carboxylic acids is 1. The number of carboxylic acid groups (broad SMARTS) is 1. The minimum absolute atomic E-state index is 0.181. The summed E-state index contributed by atoms with van der Waals surface area (Å²) in [5.74, 6) is -1.55. The Bertz CT molecular complexity index is 619. The fraction of sp³-hybridized carbons (Fsp3) is 0.333. The number of hydrogen-bond donors (Lipinski definition) is 1. The second-order valence-corrected chi connectivity index (χ2v) is 7.05. The van der Waals surface area contributed by atoms with Crippen molar-refractivity contribution >= 4 is 34.6 Å².